The van der Waals surface area contributed by atoms with Crippen LogP contribution in [0.1, 0.15) is 15.9 Å². The quantitative estimate of drug-likeness (QED) is 0.755. The highest BCUT2D eigenvalue weighted by atomic mass is 16.4. The molecule has 0 fully saturated rings. The summed E-state index contributed by atoms with van der Waals surface area (Å²) in [4.78, 5) is 10.9. The number of aromatic carboxylic acids is 1. The first-order valence-electron chi connectivity index (χ1n) is 4.16. The van der Waals surface area contributed by atoms with Gasteiger partial charge in [-0.05, 0) is 12.1 Å². The molecule has 0 radical (unpaired) electrons. The number of carboxylic acids is 1. The van der Waals surface area contributed by atoms with Gasteiger partial charge in [0, 0.05) is 17.5 Å². The average Bonchev–Trinajstić information content (AvgIpc) is 2.59. The van der Waals surface area contributed by atoms with Crippen molar-refractivity contribution in [2.45, 2.75) is 6.54 Å². The van der Waals surface area contributed by atoms with Crippen LogP contribution in [-0.4, -0.2) is 11.1 Å². The standard InChI is InChI=1S/C10H9NO3/c11-4-6-5-14-8-3-1-2-7(9(6)8)10(12)13/h1-3,5H,4,11H2,(H,12,13). The predicted octanol–water partition coefficient (Wildman–Crippen LogP) is 1.59. The van der Waals surface area contributed by atoms with E-state index in [9.17, 15) is 4.79 Å². The van der Waals surface area contributed by atoms with Crippen LogP contribution in [0.25, 0.3) is 11.0 Å². The van der Waals surface area contributed by atoms with E-state index in [1.807, 2.05) is 0 Å². The highest BCUT2D eigenvalue weighted by Gasteiger charge is 2.13. The molecule has 1 heterocycles. The molecule has 2 rings (SSSR count). The van der Waals surface area contributed by atoms with Gasteiger partial charge in [0.2, 0.25) is 0 Å². The first-order valence-corrected chi connectivity index (χ1v) is 4.16. The monoisotopic (exact) mass is 191 g/mol. The Bertz CT molecular complexity index is 487. The van der Waals surface area contributed by atoms with Crippen molar-refractivity contribution >= 4 is 16.9 Å². The molecule has 0 aliphatic carbocycles. The summed E-state index contributed by atoms with van der Waals surface area (Å²) < 4.78 is 5.19. The molecule has 14 heavy (non-hydrogen) atoms. The van der Waals surface area contributed by atoms with E-state index < -0.39 is 5.97 Å². The first kappa shape index (κ1) is 8.77. The van der Waals surface area contributed by atoms with Gasteiger partial charge in [-0.3, -0.25) is 0 Å². The van der Waals surface area contributed by atoms with Crippen LogP contribution in [0.4, 0.5) is 0 Å². The lowest BCUT2D eigenvalue weighted by Gasteiger charge is -1.97. The van der Waals surface area contributed by atoms with E-state index in [1.54, 1.807) is 18.2 Å². The van der Waals surface area contributed by atoms with E-state index in [-0.39, 0.29) is 12.1 Å². The summed E-state index contributed by atoms with van der Waals surface area (Å²) in [6.07, 6.45) is 1.50. The fourth-order valence-corrected chi connectivity index (χ4v) is 1.48. The van der Waals surface area contributed by atoms with Gasteiger partial charge in [0.1, 0.15) is 5.58 Å². The number of rotatable bonds is 2. The van der Waals surface area contributed by atoms with Crippen LogP contribution in [0.5, 0.6) is 0 Å². The Morgan fingerprint density at radius 3 is 2.93 bits per heavy atom. The van der Waals surface area contributed by atoms with Crippen LogP contribution in [0.2, 0.25) is 0 Å². The van der Waals surface area contributed by atoms with Gasteiger partial charge in [-0.2, -0.15) is 0 Å². The van der Waals surface area contributed by atoms with E-state index in [4.69, 9.17) is 15.3 Å². The highest BCUT2D eigenvalue weighted by molar-refractivity contribution is 6.03. The molecule has 0 bridgehead atoms. The summed E-state index contributed by atoms with van der Waals surface area (Å²) in [5.74, 6) is -0.966. The Labute approximate surface area is 79.9 Å². The molecule has 2 aromatic rings. The first-order chi connectivity index (χ1) is 6.74. The molecule has 0 atom stereocenters. The molecule has 1 aromatic heterocycles. The number of hydrogen-bond donors (Lipinski definition) is 2. The van der Waals surface area contributed by atoms with Crippen molar-refractivity contribution in [2.24, 2.45) is 5.73 Å². The smallest absolute Gasteiger partial charge is 0.336 e. The summed E-state index contributed by atoms with van der Waals surface area (Å²) in [5.41, 5.74) is 6.99. The van der Waals surface area contributed by atoms with Gasteiger partial charge in [0.25, 0.3) is 0 Å². The van der Waals surface area contributed by atoms with Gasteiger partial charge >= 0.3 is 5.97 Å². The van der Waals surface area contributed by atoms with Gasteiger partial charge in [-0.1, -0.05) is 6.07 Å². The van der Waals surface area contributed by atoms with Gasteiger partial charge in [-0.25, -0.2) is 4.79 Å². The normalized spacial score (nSPS) is 10.6. The lowest BCUT2D eigenvalue weighted by molar-refractivity contribution is 0.0699. The van der Waals surface area contributed by atoms with Crippen molar-refractivity contribution in [1.82, 2.24) is 0 Å². The molecular formula is C10H9NO3. The molecule has 0 amide bonds. The van der Waals surface area contributed by atoms with Gasteiger partial charge < -0.3 is 15.3 Å². The van der Waals surface area contributed by atoms with Crippen molar-refractivity contribution < 1.29 is 14.3 Å². The van der Waals surface area contributed by atoms with Crippen molar-refractivity contribution in [2.75, 3.05) is 0 Å². The maximum atomic E-state index is 10.9. The lowest BCUT2D eigenvalue weighted by Crippen LogP contribution is -2.00. The molecule has 3 N–H and O–H groups in total. The molecule has 72 valence electrons. The van der Waals surface area contributed by atoms with E-state index in [1.165, 1.54) is 6.26 Å². The molecular weight excluding hydrogens is 182 g/mol. The van der Waals surface area contributed by atoms with Crippen molar-refractivity contribution in [3.05, 3.63) is 35.6 Å². The average molecular weight is 191 g/mol. The Morgan fingerprint density at radius 2 is 2.29 bits per heavy atom. The maximum Gasteiger partial charge on any atom is 0.336 e. The third-order valence-electron chi connectivity index (χ3n) is 2.13. The fourth-order valence-electron chi connectivity index (χ4n) is 1.48. The predicted molar refractivity (Wildman–Crippen MR) is 51.1 cm³/mol. The number of hydrogen-bond acceptors (Lipinski definition) is 3. The van der Waals surface area contributed by atoms with E-state index >= 15 is 0 Å². The minimum atomic E-state index is -0.966. The second-order valence-corrected chi connectivity index (χ2v) is 2.95. The van der Waals surface area contributed by atoms with Crippen molar-refractivity contribution in [3.8, 4) is 0 Å². The third kappa shape index (κ3) is 1.16. The van der Waals surface area contributed by atoms with Crippen molar-refractivity contribution in [1.29, 1.82) is 0 Å². The molecule has 0 aliphatic rings. The largest absolute Gasteiger partial charge is 0.478 e. The summed E-state index contributed by atoms with van der Waals surface area (Å²) in [6, 6.07) is 4.91. The van der Waals surface area contributed by atoms with E-state index in [0.29, 0.717) is 11.0 Å². The summed E-state index contributed by atoms with van der Waals surface area (Å²) in [6.45, 7) is 0.275. The van der Waals surface area contributed by atoms with Gasteiger partial charge in [0.15, 0.2) is 0 Å². The summed E-state index contributed by atoms with van der Waals surface area (Å²) in [5, 5.41) is 9.54. The van der Waals surface area contributed by atoms with E-state index in [0.717, 1.165) is 5.56 Å². The molecule has 1 aromatic carbocycles. The maximum absolute atomic E-state index is 10.9. The number of carboxylic acid groups (broad SMARTS) is 1. The Hall–Kier alpha value is -1.81. The lowest BCUT2D eigenvalue weighted by atomic mass is 10.1. The zero-order valence-electron chi connectivity index (χ0n) is 7.36. The third-order valence-corrected chi connectivity index (χ3v) is 2.13. The topological polar surface area (TPSA) is 76.5 Å². The molecule has 4 heteroatoms. The fraction of sp³-hybridized carbons (Fsp3) is 0.100. The molecule has 0 saturated heterocycles. The number of benzene rings is 1. The van der Waals surface area contributed by atoms with Crippen LogP contribution in [0, 0.1) is 0 Å². The van der Waals surface area contributed by atoms with Crippen LogP contribution in [0.15, 0.2) is 28.9 Å². The molecule has 0 unspecified atom stereocenters. The minimum absolute atomic E-state index is 0.233. The number of nitrogens with two attached hydrogens (primary N) is 1. The number of fused-ring (bicyclic) bond motifs is 1. The van der Waals surface area contributed by atoms with Crippen LogP contribution in [0.3, 0.4) is 0 Å². The zero-order valence-corrected chi connectivity index (χ0v) is 7.36. The summed E-state index contributed by atoms with van der Waals surface area (Å²) in [7, 11) is 0. The zero-order chi connectivity index (χ0) is 10.1. The van der Waals surface area contributed by atoms with E-state index in [2.05, 4.69) is 0 Å². The highest BCUT2D eigenvalue weighted by Crippen LogP contribution is 2.24. The van der Waals surface area contributed by atoms with Gasteiger partial charge in [0.05, 0.1) is 11.8 Å². The van der Waals surface area contributed by atoms with Crippen LogP contribution in [-0.2, 0) is 6.54 Å². The molecule has 0 saturated carbocycles. The molecule has 0 aliphatic heterocycles. The Kier molecular flexibility index (Phi) is 1.98. The van der Waals surface area contributed by atoms with Crippen LogP contribution >= 0.6 is 0 Å². The second kappa shape index (κ2) is 3.16. The second-order valence-electron chi connectivity index (χ2n) is 2.95. The number of carbonyl (C=O) groups is 1. The minimum Gasteiger partial charge on any atom is -0.478 e. The van der Waals surface area contributed by atoms with Gasteiger partial charge in [-0.15, -0.1) is 0 Å². The Balaban J connectivity index is 2.81. The molecule has 0 spiro atoms. The summed E-state index contributed by atoms with van der Waals surface area (Å²) >= 11 is 0. The molecule has 4 nitrogen and oxygen atoms in total. The number of furan rings is 1. The SMILES string of the molecule is NCc1coc2cccc(C(=O)O)c12. The van der Waals surface area contributed by atoms with Crippen molar-refractivity contribution in [3.63, 3.8) is 0 Å². The van der Waals surface area contributed by atoms with Crippen LogP contribution < -0.4 is 5.73 Å². The Morgan fingerprint density at radius 1 is 1.50 bits per heavy atom.